The van der Waals surface area contributed by atoms with E-state index in [-0.39, 0.29) is 0 Å². The second-order valence-electron chi connectivity index (χ2n) is 3.19. The Bertz CT molecular complexity index is 495. The number of aromatic nitrogens is 3. The number of nitrogens with zero attached hydrogens (tertiary/aromatic N) is 3. The van der Waals surface area contributed by atoms with E-state index in [9.17, 15) is 0 Å². The fourth-order valence-electron chi connectivity index (χ4n) is 1.51. The fraction of sp³-hybridized carbons (Fsp3) is 0.222. The van der Waals surface area contributed by atoms with Crippen molar-refractivity contribution in [2.75, 3.05) is 5.73 Å². The number of thiazole rings is 1. The van der Waals surface area contributed by atoms with Crippen molar-refractivity contribution in [2.24, 2.45) is 0 Å². The molecule has 15 heavy (non-hydrogen) atoms. The Labute approximate surface area is 95.0 Å². The smallest absolute Gasteiger partial charge is 0.190 e. The van der Waals surface area contributed by atoms with Crippen LogP contribution in [0.2, 0.25) is 0 Å². The summed E-state index contributed by atoms with van der Waals surface area (Å²) in [6, 6.07) is 0. The number of hydrogen-bond acceptors (Lipinski definition) is 6. The first kappa shape index (κ1) is 9.11. The quantitative estimate of drug-likeness (QED) is 0.819. The molecule has 2 aromatic heterocycles. The van der Waals surface area contributed by atoms with Crippen LogP contribution in [0.1, 0.15) is 11.3 Å². The highest BCUT2D eigenvalue weighted by molar-refractivity contribution is 7.98. The van der Waals surface area contributed by atoms with E-state index in [1.165, 1.54) is 11.3 Å². The molecule has 0 radical (unpaired) electrons. The van der Waals surface area contributed by atoms with E-state index in [0.29, 0.717) is 11.6 Å². The van der Waals surface area contributed by atoms with Crippen LogP contribution in [-0.2, 0) is 11.5 Å². The number of nitrogens with two attached hydrogens (primary N) is 1. The molecule has 76 valence electrons. The zero-order valence-electron chi connectivity index (χ0n) is 7.80. The zero-order valence-corrected chi connectivity index (χ0v) is 9.44. The molecule has 0 fully saturated rings. The molecule has 2 N–H and O–H groups in total. The summed E-state index contributed by atoms with van der Waals surface area (Å²) >= 11 is 3.36. The van der Waals surface area contributed by atoms with Gasteiger partial charge in [0, 0.05) is 28.6 Å². The van der Waals surface area contributed by atoms with Gasteiger partial charge in [-0.3, -0.25) is 0 Å². The van der Waals surface area contributed by atoms with Gasteiger partial charge in [-0.15, -0.1) is 11.3 Å². The molecule has 6 heteroatoms. The van der Waals surface area contributed by atoms with Gasteiger partial charge in [-0.05, 0) is 0 Å². The van der Waals surface area contributed by atoms with Gasteiger partial charge in [-0.1, -0.05) is 0 Å². The van der Waals surface area contributed by atoms with Crippen LogP contribution in [0.5, 0.6) is 0 Å². The SMILES string of the molecule is Nc1nc(-c2nccs2)nc2c1CSC2. The lowest BCUT2D eigenvalue weighted by atomic mass is 10.2. The molecule has 4 nitrogen and oxygen atoms in total. The average molecular weight is 236 g/mol. The predicted octanol–water partition coefficient (Wildman–Crippen LogP) is 1.93. The normalized spacial score (nSPS) is 14.1. The molecule has 0 saturated heterocycles. The number of anilines is 1. The van der Waals surface area contributed by atoms with Crippen molar-refractivity contribution in [1.29, 1.82) is 0 Å². The first-order valence-corrected chi connectivity index (χ1v) is 6.51. The Balaban J connectivity index is 2.15. The van der Waals surface area contributed by atoms with E-state index >= 15 is 0 Å². The number of rotatable bonds is 1. The molecular formula is C9H8N4S2. The summed E-state index contributed by atoms with van der Waals surface area (Å²) in [5.74, 6) is 3.12. The lowest BCUT2D eigenvalue weighted by Gasteiger charge is -2.03. The number of hydrogen-bond donors (Lipinski definition) is 1. The fourth-order valence-corrected chi connectivity index (χ4v) is 3.13. The van der Waals surface area contributed by atoms with Crippen LogP contribution in [0.3, 0.4) is 0 Å². The summed E-state index contributed by atoms with van der Waals surface area (Å²) in [5.41, 5.74) is 8.06. The van der Waals surface area contributed by atoms with Crippen molar-refractivity contribution in [2.45, 2.75) is 11.5 Å². The molecule has 3 heterocycles. The minimum atomic E-state index is 0.607. The van der Waals surface area contributed by atoms with E-state index in [1.54, 1.807) is 6.20 Å². The third-order valence-electron chi connectivity index (χ3n) is 2.23. The summed E-state index contributed by atoms with van der Waals surface area (Å²) < 4.78 is 0. The van der Waals surface area contributed by atoms with Crippen molar-refractivity contribution in [3.63, 3.8) is 0 Å². The van der Waals surface area contributed by atoms with Crippen LogP contribution in [0, 0.1) is 0 Å². The summed E-state index contributed by atoms with van der Waals surface area (Å²) in [4.78, 5) is 13.0. The standard InChI is InChI=1S/C9H8N4S2/c10-7-5-3-14-4-6(5)12-8(13-7)9-11-1-2-15-9/h1-2H,3-4H2,(H2,10,12,13). The second kappa shape index (κ2) is 3.46. The van der Waals surface area contributed by atoms with Gasteiger partial charge in [-0.2, -0.15) is 11.8 Å². The van der Waals surface area contributed by atoms with E-state index in [0.717, 1.165) is 27.8 Å². The Morgan fingerprint density at radius 3 is 3.00 bits per heavy atom. The molecule has 0 amide bonds. The molecule has 0 spiro atoms. The van der Waals surface area contributed by atoms with Gasteiger partial charge in [-0.25, -0.2) is 15.0 Å². The van der Waals surface area contributed by atoms with Gasteiger partial charge in [0.25, 0.3) is 0 Å². The molecule has 0 saturated carbocycles. The largest absolute Gasteiger partial charge is 0.383 e. The maximum absolute atomic E-state index is 5.89. The van der Waals surface area contributed by atoms with Crippen LogP contribution in [0.15, 0.2) is 11.6 Å². The highest BCUT2D eigenvalue weighted by Gasteiger charge is 2.19. The van der Waals surface area contributed by atoms with Gasteiger partial charge in [0.2, 0.25) is 0 Å². The molecule has 0 aromatic carbocycles. The number of thioether (sulfide) groups is 1. The van der Waals surface area contributed by atoms with Crippen LogP contribution in [0.4, 0.5) is 5.82 Å². The van der Waals surface area contributed by atoms with Crippen molar-refractivity contribution in [1.82, 2.24) is 15.0 Å². The first-order chi connectivity index (χ1) is 7.34. The predicted molar refractivity (Wildman–Crippen MR) is 62.6 cm³/mol. The maximum atomic E-state index is 5.89. The molecule has 0 aliphatic carbocycles. The maximum Gasteiger partial charge on any atom is 0.190 e. The Kier molecular flexibility index (Phi) is 2.10. The molecule has 3 rings (SSSR count). The third kappa shape index (κ3) is 1.49. The van der Waals surface area contributed by atoms with Crippen molar-refractivity contribution in [3.8, 4) is 10.8 Å². The Morgan fingerprint density at radius 1 is 1.27 bits per heavy atom. The minimum Gasteiger partial charge on any atom is -0.383 e. The van der Waals surface area contributed by atoms with Crippen LogP contribution in [-0.4, -0.2) is 15.0 Å². The second-order valence-corrected chi connectivity index (χ2v) is 5.07. The molecule has 1 aliphatic heterocycles. The van der Waals surface area contributed by atoms with Gasteiger partial charge < -0.3 is 5.73 Å². The summed E-state index contributed by atoms with van der Waals surface area (Å²) in [6.45, 7) is 0. The molecule has 0 unspecified atom stereocenters. The van der Waals surface area contributed by atoms with Crippen LogP contribution < -0.4 is 5.73 Å². The minimum absolute atomic E-state index is 0.607. The monoisotopic (exact) mass is 236 g/mol. The summed E-state index contributed by atoms with van der Waals surface area (Å²) in [7, 11) is 0. The van der Waals surface area contributed by atoms with Gasteiger partial charge in [0.15, 0.2) is 10.8 Å². The van der Waals surface area contributed by atoms with Gasteiger partial charge in [0.05, 0.1) is 5.69 Å². The third-order valence-corrected chi connectivity index (χ3v) is 3.97. The Morgan fingerprint density at radius 2 is 2.20 bits per heavy atom. The first-order valence-electron chi connectivity index (χ1n) is 4.47. The zero-order chi connectivity index (χ0) is 10.3. The summed E-state index contributed by atoms with van der Waals surface area (Å²) in [5, 5.41) is 2.75. The number of nitrogen functional groups attached to an aromatic ring is 1. The highest BCUT2D eigenvalue weighted by Crippen LogP contribution is 2.33. The highest BCUT2D eigenvalue weighted by atomic mass is 32.2. The van der Waals surface area contributed by atoms with Crippen LogP contribution in [0.25, 0.3) is 10.8 Å². The van der Waals surface area contributed by atoms with Crippen molar-refractivity contribution >= 4 is 28.9 Å². The van der Waals surface area contributed by atoms with E-state index in [4.69, 9.17) is 5.73 Å². The van der Waals surface area contributed by atoms with Gasteiger partial charge >= 0.3 is 0 Å². The lowest BCUT2D eigenvalue weighted by molar-refractivity contribution is 1.08. The van der Waals surface area contributed by atoms with E-state index in [1.807, 2.05) is 17.1 Å². The topological polar surface area (TPSA) is 64.7 Å². The van der Waals surface area contributed by atoms with Crippen LogP contribution >= 0.6 is 23.1 Å². The van der Waals surface area contributed by atoms with Gasteiger partial charge in [0.1, 0.15) is 5.82 Å². The number of fused-ring (bicyclic) bond motifs is 1. The molecule has 1 aliphatic rings. The van der Waals surface area contributed by atoms with E-state index in [2.05, 4.69) is 15.0 Å². The van der Waals surface area contributed by atoms with Crippen molar-refractivity contribution < 1.29 is 0 Å². The Hall–Kier alpha value is -1.14. The van der Waals surface area contributed by atoms with E-state index < -0.39 is 0 Å². The molecule has 0 atom stereocenters. The molecule has 2 aromatic rings. The average Bonchev–Trinajstić information content (AvgIpc) is 2.88. The summed E-state index contributed by atoms with van der Waals surface area (Å²) in [6.07, 6.45) is 1.75. The molecule has 0 bridgehead atoms. The lowest BCUT2D eigenvalue weighted by Crippen LogP contribution is -2.02. The molecular weight excluding hydrogens is 228 g/mol. The van der Waals surface area contributed by atoms with Crippen molar-refractivity contribution in [3.05, 3.63) is 22.8 Å².